The van der Waals surface area contributed by atoms with E-state index in [4.69, 9.17) is 9.84 Å². The van der Waals surface area contributed by atoms with Crippen molar-refractivity contribution in [2.24, 2.45) is 0 Å². The van der Waals surface area contributed by atoms with E-state index in [2.05, 4.69) is 0 Å². The van der Waals surface area contributed by atoms with Crippen LogP contribution in [0.3, 0.4) is 0 Å². The Balaban J connectivity index is 2.34. The van der Waals surface area contributed by atoms with E-state index in [1.54, 1.807) is 0 Å². The summed E-state index contributed by atoms with van der Waals surface area (Å²) in [6, 6.07) is 5.39. The van der Waals surface area contributed by atoms with Crippen LogP contribution in [-0.4, -0.2) is 49.1 Å². The molecule has 1 aliphatic rings. The Morgan fingerprint density at radius 3 is 2.45 bits per heavy atom. The van der Waals surface area contributed by atoms with Crippen molar-refractivity contribution in [3.05, 3.63) is 29.8 Å². The minimum absolute atomic E-state index is 0.00120. The van der Waals surface area contributed by atoms with Crippen molar-refractivity contribution in [2.75, 3.05) is 13.1 Å². The highest BCUT2D eigenvalue weighted by atomic mass is 32.2. The van der Waals surface area contributed by atoms with Crippen LogP contribution < -0.4 is 0 Å². The first-order chi connectivity index (χ1) is 9.30. The minimum Gasteiger partial charge on any atom is -0.478 e. The van der Waals surface area contributed by atoms with E-state index in [0.29, 0.717) is 0 Å². The molecule has 1 aromatic carbocycles. The smallest absolute Gasteiger partial charge is 0.335 e. The lowest BCUT2D eigenvalue weighted by Crippen LogP contribution is -2.48. The van der Waals surface area contributed by atoms with E-state index in [-0.39, 0.29) is 35.8 Å². The van der Waals surface area contributed by atoms with Crippen LogP contribution in [0.5, 0.6) is 0 Å². The molecule has 110 valence electrons. The first kappa shape index (κ1) is 15.0. The Morgan fingerprint density at radius 2 is 1.90 bits per heavy atom. The third kappa shape index (κ3) is 3.00. The van der Waals surface area contributed by atoms with Crippen LogP contribution >= 0.6 is 0 Å². The van der Waals surface area contributed by atoms with Gasteiger partial charge in [0.1, 0.15) is 0 Å². The van der Waals surface area contributed by atoms with Crippen molar-refractivity contribution in [1.29, 1.82) is 0 Å². The summed E-state index contributed by atoms with van der Waals surface area (Å²) in [6.45, 7) is 4.16. The Bertz CT molecular complexity index is 603. The molecule has 0 bridgehead atoms. The number of benzene rings is 1. The first-order valence-corrected chi connectivity index (χ1v) is 7.73. The van der Waals surface area contributed by atoms with Gasteiger partial charge in [-0.05, 0) is 32.0 Å². The lowest BCUT2D eigenvalue weighted by molar-refractivity contribution is -0.0440. The van der Waals surface area contributed by atoms with Crippen LogP contribution in [0.15, 0.2) is 29.2 Å². The number of ether oxygens (including phenoxy) is 1. The van der Waals surface area contributed by atoms with Crippen LogP contribution in [0.4, 0.5) is 0 Å². The van der Waals surface area contributed by atoms with Crippen molar-refractivity contribution < 1.29 is 23.1 Å². The van der Waals surface area contributed by atoms with Crippen molar-refractivity contribution in [1.82, 2.24) is 4.31 Å². The molecular weight excluding hydrogens is 282 g/mol. The maximum atomic E-state index is 12.5. The Morgan fingerprint density at radius 1 is 1.30 bits per heavy atom. The molecule has 0 radical (unpaired) electrons. The molecule has 0 amide bonds. The van der Waals surface area contributed by atoms with Gasteiger partial charge < -0.3 is 9.84 Å². The molecule has 0 spiro atoms. The summed E-state index contributed by atoms with van der Waals surface area (Å²) >= 11 is 0. The molecule has 2 unspecified atom stereocenters. The predicted octanol–water partition coefficient (Wildman–Crippen LogP) is 1.18. The van der Waals surface area contributed by atoms with Crippen molar-refractivity contribution >= 4 is 16.0 Å². The zero-order chi connectivity index (χ0) is 14.9. The van der Waals surface area contributed by atoms with Crippen LogP contribution in [0.2, 0.25) is 0 Å². The fourth-order valence-corrected chi connectivity index (χ4v) is 3.90. The highest BCUT2D eigenvalue weighted by molar-refractivity contribution is 7.89. The maximum absolute atomic E-state index is 12.5. The highest BCUT2D eigenvalue weighted by Crippen LogP contribution is 2.21. The number of rotatable bonds is 3. The number of hydrogen-bond donors (Lipinski definition) is 1. The number of carboxylic acids is 1. The Hall–Kier alpha value is -1.44. The second kappa shape index (κ2) is 5.51. The lowest BCUT2D eigenvalue weighted by Gasteiger charge is -2.34. The van der Waals surface area contributed by atoms with E-state index in [1.807, 2.05) is 13.8 Å². The van der Waals surface area contributed by atoms with Gasteiger partial charge in [-0.2, -0.15) is 4.31 Å². The van der Waals surface area contributed by atoms with Gasteiger partial charge in [0.2, 0.25) is 10.0 Å². The molecule has 1 N–H and O–H groups in total. The molecule has 2 rings (SSSR count). The molecule has 1 heterocycles. The number of sulfonamides is 1. The molecule has 1 saturated heterocycles. The normalized spacial score (nSPS) is 24.5. The summed E-state index contributed by atoms with van der Waals surface area (Å²) in [5.41, 5.74) is -0.0413. The lowest BCUT2D eigenvalue weighted by atomic mass is 10.2. The van der Waals surface area contributed by atoms with Gasteiger partial charge in [-0.15, -0.1) is 0 Å². The predicted molar refractivity (Wildman–Crippen MR) is 72.2 cm³/mol. The number of morpholine rings is 1. The Kier molecular flexibility index (Phi) is 4.12. The van der Waals surface area contributed by atoms with Gasteiger partial charge in [0.05, 0.1) is 22.7 Å². The molecule has 1 fully saturated rings. The molecule has 1 aliphatic heterocycles. The summed E-state index contributed by atoms with van der Waals surface area (Å²) in [4.78, 5) is 10.9. The van der Waals surface area contributed by atoms with Crippen molar-refractivity contribution in [2.45, 2.75) is 31.0 Å². The largest absolute Gasteiger partial charge is 0.478 e. The van der Waals surface area contributed by atoms with Gasteiger partial charge in [0.15, 0.2) is 0 Å². The minimum atomic E-state index is -3.69. The average Bonchev–Trinajstić information content (AvgIpc) is 2.37. The van der Waals surface area contributed by atoms with Gasteiger partial charge in [-0.3, -0.25) is 0 Å². The SMILES string of the molecule is CC1CN(S(=O)(=O)c2cccc(C(=O)O)c2)CC(C)O1. The molecule has 0 aromatic heterocycles. The highest BCUT2D eigenvalue weighted by Gasteiger charge is 2.32. The molecule has 6 nitrogen and oxygen atoms in total. The third-order valence-electron chi connectivity index (χ3n) is 3.10. The fourth-order valence-electron chi connectivity index (χ4n) is 2.27. The topological polar surface area (TPSA) is 83.9 Å². The van der Waals surface area contributed by atoms with E-state index in [0.717, 1.165) is 0 Å². The summed E-state index contributed by atoms with van der Waals surface area (Å²) in [6.07, 6.45) is -0.368. The zero-order valence-corrected chi connectivity index (χ0v) is 12.1. The monoisotopic (exact) mass is 299 g/mol. The van der Waals surface area contributed by atoms with E-state index < -0.39 is 16.0 Å². The second-order valence-electron chi connectivity index (χ2n) is 4.91. The third-order valence-corrected chi connectivity index (χ3v) is 4.93. The fraction of sp³-hybridized carbons (Fsp3) is 0.462. The molecule has 20 heavy (non-hydrogen) atoms. The molecule has 2 atom stereocenters. The number of carbonyl (C=O) groups is 1. The maximum Gasteiger partial charge on any atom is 0.335 e. The average molecular weight is 299 g/mol. The number of carboxylic acid groups (broad SMARTS) is 1. The standard InChI is InChI=1S/C13H17NO5S/c1-9-7-14(8-10(2)19-9)20(17,18)12-5-3-4-11(6-12)13(15)16/h3-6,9-10H,7-8H2,1-2H3,(H,15,16). The Labute approximate surface area is 118 Å². The van der Waals surface area contributed by atoms with Gasteiger partial charge >= 0.3 is 5.97 Å². The number of nitrogens with zero attached hydrogens (tertiary/aromatic N) is 1. The zero-order valence-electron chi connectivity index (χ0n) is 11.3. The van der Waals surface area contributed by atoms with Crippen LogP contribution in [0.25, 0.3) is 0 Å². The molecule has 7 heteroatoms. The summed E-state index contributed by atoms with van der Waals surface area (Å²) in [7, 11) is -3.69. The summed E-state index contributed by atoms with van der Waals surface area (Å²) in [5, 5.41) is 8.94. The molecule has 1 aromatic rings. The number of hydrogen-bond acceptors (Lipinski definition) is 4. The van der Waals surface area contributed by atoms with Crippen LogP contribution in [-0.2, 0) is 14.8 Å². The van der Waals surface area contributed by atoms with Crippen molar-refractivity contribution in [3.8, 4) is 0 Å². The molecular formula is C13H17NO5S. The van der Waals surface area contributed by atoms with Gasteiger partial charge in [0.25, 0.3) is 0 Å². The van der Waals surface area contributed by atoms with E-state index >= 15 is 0 Å². The van der Waals surface area contributed by atoms with E-state index in [9.17, 15) is 13.2 Å². The second-order valence-corrected chi connectivity index (χ2v) is 6.85. The van der Waals surface area contributed by atoms with Crippen LogP contribution in [0, 0.1) is 0 Å². The van der Waals surface area contributed by atoms with Gasteiger partial charge in [0, 0.05) is 13.1 Å². The number of aromatic carboxylic acids is 1. The van der Waals surface area contributed by atoms with Gasteiger partial charge in [-0.1, -0.05) is 6.07 Å². The summed E-state index contributed by atoms with van der Waals surface area (Å²) < 4.78 is 31.9. The van der Waals surface area contributed by atoms with E-state index in [1.165, 1.54) is 28.6 Å². The van der Waals surface area contributed by atoms with Gasteiger partial charge in [-0.25, -0.2) is 13.2 Å². The molecule has 0 aliphatic carbocycles. The quantitative estimate of drug-likeness (QED) is 0.906. The van der Waals surface area contributed by atoms with Crippen LogP contribution in [0.1, 0.15) is 24.2 Å². The first-order valence-electron chi connectivity index (χ1n) is 6.29. The summed E-state index contributed by atoms with van der Waals surface area (Å²) in [5.74, 6) is -1.15. The van der Waals surface area contributed by atoms with Crippen molar-refractivity contribution in [3.63, 3.8) is 0 Å². The molecule has 0 saturated carbocycles.